The third-order valence-electron chi connectivity index (χ3n) is 2.22. The minimum absolute atomic E-state index is 0.680. The summed E-state index contributed by atoms with van der Waals surface area (Å²) in [5.41, 5.74) is 9.42. The SMILES string of the molecule is CC(C)Cc1cc(N)cc(CN(C)C)c1. The highest BCUT2D eigenvalue weighted by Crippen LogP contribution is 2.16. The van der Waals surface area contributed by atoms with Gasteiger partial charge in [-0.2, -0.15) is 0 Å². The Morgan fingerprint density at radius 1 is 1.13 bits per heavy atom. The van der Waals surface area contributed by atoms with Gasteiger partial charge in [-0.1, -0.05) is 19.9 Å². The second-order valence-corrected chi connectivity index (χ2v) is 4.92. The zero-order valence-corrected chi connectivity index (χ0v) is 10.2. The van der Waals surface area contributed by atoms with E-state index in [1.165, 1.54) is 11.1 Å². The molecule has 1 aromatic rings. The lowest BCUT2D eigenvalue weighted by molar-refractivity contribution is 0.402. The molecule has 0 aliphatic heterocycles. The van der Waals surface area contributed by atoms with Crippen LogP contribution in [0.5, 0.6) is 0 Å². The summed E-state index contributed by atoms with van der Waals surface area (Å²) in [6, 6.07) is 6.40. The summed E-state index contributed by atoms with van der Waals surface area (Å²) in [4.78, 5) is 2.16. The summed E-state index contributed by atoms with van der Waals surface area (Å²) < 4.78 is 0. The molecule has 0 aromatic heterocycles. The van der Waals surface area contributed by atoms with E-state index in [1.807, 2.05) is 0 Å². The van der Waals surface area contributed by atoms with Crippen molar-refractivity contribution in [2.75, 3.05) is 19.8 Å². The maximum atomic E-state index is 5.89. The fourth-order valence-corrected chi connectivity index (χ4v) is 1.84. The van der Waals surface area contributed by atoms with E-state index in [2.05, 4.69) is 51.0 Å². The Morgan fingerprint density at radius 2 is 1.73 bits per heavy atom. The van der Waals surface area contributed by atoms with E-state index >= 15 is 0 Å². The molecule has 0 fully saturated rings. The van der Waals surface area contributed by atoms with Crippen molar-refractivity contribution in [1.29, 1.82) is 0 Å². The van der Waals surface area contributed by atoms with E-state index in [1.54, 1.807) is 0 Å². The number of hydrogen-bond donors (Lipinski definition) is 1. The van der Waals surface area contributed by atoms with Crippen molar-refractivity contribution < 1.29 is 0 Å². The Hall–Kier alpha value is -1.02. The van der Waals surface area contributed by atoms with E-state index in [0.29, 0.717) is 5.92 Å². The van der Waals surface area contributed by atoms with E-state index in [0.717, 1.165) is 18.7 Å². The number of hydrogen-bond acceptors (Lipinski definition) is 2. The van der Waals surface area contributed by atoms with Crippen LogP contribution >= 0.6 is 0 Å². The first-order valence-corrected chi connectivity index (χ1v) is 5.50. The van der Waals surface area contributed by atoms with Crippen LogP contribution < -0.4 is 5.73 Å². The first-order valence-electron chi connectivity index (χ1n) is 5.50. The van der Waals surface area contributed by atoms with Crippen LogP contribution in [-0.4, -0.2) is 19.0 Å². The molecule has 0 spiro atoms. The minimum atomic E-state index is 0.680. The molecule has 0 aliphatic carbocycles. The molecule has 2 heteroatoms. The van der Waals surface area contributed by atoms with Crippen LogP contribution in [0.1, 0.15) is 25.0 Å². The van der Waals surface area contributed by atoms with Crippen LogP contribution in [0.15, 0.2) is 18.2 Å². The summed E-state index contributed by atoms with van der Waals surface area (Å²) in [5, 5.41) is 0. The lowest BCUT2D eigenvalue weighted by Gasteiger charge is -2.13. The van der Waals surface area contributed by atoms with Crippen molar-refractivity contribution >= 4 is 5.69 Å². The lowest BCUT2D eigenvalue weighted by atomic mass is 10.00. The molecule has 0 atom stereocenters. The second kappa shape index (κ2) is 5.17. The Morgan fingerprint density at radius 3 is 2.27 bits per heavy atom. The largest absolute Gasteiger partial charge is 0.399 e. The normalized spacial score (nSPS) is 11.3. The van der Waals surface area contributed by atoms with Gasteiger partial charge < -0.3 is 10.6 Å². The Bertz CT molecular complexity index is 288. The van der Waals surface area contributed by atoms with Gasteiger partial charge >= 0.3 is 0 Å². The van der Waals surface area contributed by atoms with Crippen molar-refractivity contribution in [3.05, 3.63) is 29.3 Å². The van der Waals surface area contributed by atoms with Crippen LogP contribution in [0.3, 0.4) is 0 Å². The highest BCUT2D eigenvalue weighted by Gasteiger charge is 2.02. The van der Waals surface area contributed by atoms with Gasteiger partial charge in [-0.15, -0.1) is 0 Å². The number of nitrogen functional groups attached to an aromatic ring is 1. The molecule has 0 unspecified atom stereocenters. The summed E-state index contributed by atoms with van der Waals surface area (Å²) in [7, 11) is 4.15. The summed E-state index contributed by atoms with van der Waals surface area (Å²) in [5.74, 6) is 0.680. The van der Waals surface area contributed by atoms with Gasteiger partial charge in [0.1, 0.15) is 0 Å². The van der Waals surface area contributed by atoms with Gasteiger partial charge in [0, 0.05) is 12.2 Å². The molecule has 0 heterocycles. The fraction of sp³-hybridized carbons (Fsp3) is 0.538. The maximum absolute atomic E-state index is 5.89. The molecule has 84 valence electrons. The quantitative estimate of drug-likeness (QED) is 0.767. The van der Waals surface area contributed by atoms with Crippen LogP contribution in [0.25, 0.3) is 0 Å². The number of rotatable bonds is 4. The molecule has 0 bridgehead atoms. The zero-order valence-electron chi connectivity index (χ0n) is 10.2. The van der Waals surface area contributed by atoms with Crippen LogP contribution in [0, 0.1) is 5.92 Å². The van der Waals surface area contributed by atoms with Crippen LogP contribution in [0.4, 0.5) is 5.69 Å². The Kier molecular flexibility index (Phi) is 4.15. The van der Waals surface area contributed by atoms with Crippen LogP contribution in [-0.2, 0) is 13.0 Å². The highest BCUT2D eigenvalue weighted by molar-refractivity contribution is 5.44. The van der Waals surface area contributed by atoms with Crippen molar-refractivity contribution in [2.24, 2.45) is 5.92 Å². The fourth-order valence-electron chi connectivity index (χ4n) is 1.84. The highest BCUT2D eigenvalue weighted by atomic mass is 15.0. The summed E-state index contributed by atoms with van der Waals surface area (Å²) in [6.45, 7) is 5.42. The predicted octanol–water partition coefficient (Wildman–Crippen LogP) is 2.53. The van der Waals surface area contributed by atoms with Gasteiger partial charge in [0.05, 0.1) is 0 Å². The monoisotopic (exact) mass is 206 g/mol. The molecule has 0 saturated carbocycles. The van der Waals surface area contributed by atoms with Gasteiger partial charge in [0.2, 0.25) is 0 Å². The van der Waals surface area contributed by atoms with Crippen molar-refractivity contribution in [2.45, 2.75) is 26.8 Å². The first-order chi connectivity index (χ1) is 6.97. The summed E-state index contributed by atoms with van der Waals surface area (Å²) in [6.07, 6.45) is 1.10. The molecular formula is C13H22N2. The molecule has 0 amide bonds. The number of anilines is 1. The van der Waals surface area contributed by atoms with E-state index in [9.17, 15) is 0 Å². The van der Waals surface area contributed by atoms with Crippen LogP contribution in [0.2, 0.25) is 0 Å². The van der Waals surface area contributed by atoms with Gasteiger partial charge in [0.25, 0.3) is 0 Å². The van der Waals surface area contributed by atoms with Crippen molar-refractivity contribution in [3.63, 3.8) is 0 Å². The summed E-state index contributed by atoms with van der Waals surface area (Å²) >= 11 is 0. The number of nitrogens with zero attached hydrogens (tertiary/aromatic N) is 1. The predicted molar refractivity (Wildman–Crippen MR) is 66.8 cm³/mol. The van der Waals surface area contributed by atoms with Gasteiger partial charge in [-0.05, 0) is 49.7 Å². The maximum Gasteiger partial charge on any atom is 0.0320 e. The Labute approximate surface area is 93.1 Å². The molecular weight excluding hydrogens is 184 g/mol. The zero-order chi connectivity index (χ0) is 11.4. The van der Waals surface area contributed by atoms with E-state index in [-0.39, 0.29) is 0 Å². The standard InChI is InChI=1S/C13H22N2/c1-10(2)5-11-6-12(9-15(3)4)8-13(14)7-11/h6-8,10H,5,9,14H2,1-4H3. The van der Waals surface area contributed by atoms with Gasteiger partial charge in [0.15, 0.2) is 0 Å². The molecule has 0 radical (unpaired) electrons. The average molecular weight is 206 g/mol. The molecule has 1 aromatic carbocycles. The molecule has 15 heavy (non-hydrogen) atoms. The molecule has 2 N–H and O–H groups in total. The van der Waals surface area contributed by atoms with Gasteiger partial charge in [-0.25, -0.2) is 0 Å². The van der Waals surface area contributed by atoms with E-state index in [4.69, 9.17) is 5.73 Å². The van der Waals surface area contributed by atoms with Crippen molar-refractivity contribution in [1.82, 2.24) is 4.90 Å². The van der Waals surface area contributed by atoms with Crippen molar-refractivity contribution in [3.8, 4) is 0 Å². The molecule has 2 nitrogen and oxygen atoms in total. The average Bonchev–Trinajstić information content (AvgIpc) is 1.98. The first kappa shape index (κ1) is 12.1. The second-order valence-electron chi connectivity index (χ2n) is 4.92. The molecule has 1 rings (SSSR count). The third-order valence-corrected chi connectivity index (χ3v) is 2.22. The minimum Gasteiger partial charge on any atom is -0.399 e. The Balaban J connectivity index is 2.84. The third kappa shape index (κ3) is 4.34. The topological polar surface area (TPSA) is 29.3 Å². The van der Waals surface area contributed by atoms with Gasteiger partial charge in [-0.3, -0.25) is 0 Å². The number of benzene rings is 1. The lowest BCUT2D eigenvalue weighted by Crippen LogP contribution is -2.11. The molecule has 0 saturated heterocycles. The number of nitrogens with two attached hydrogens (primary N) is 1. The van der Waals surface area contributed by atoms with E-state index < -0.39 is 0 Å². The molecule has 0 aliphatic rings. The smallest absolute Gasteiger partial charge is 0.0320 e.